The Morgan fingerprint density at radius 2 is 2.13 bits per heavy atom. The zero-order valence-corrected chi connectivity index (χ0v) is 12.8. The summed E-state index contributed by atoms with van der Waals surface area (Å²) >= 11 is 0. The molecule has 0 aliphatic carbocycles. The number of nitrogens with zero attached hydrogens (tertiary/aromatic N) is 3. The summed E-state index contributed by atoms with van der Waals surface area (Å²) < 4.78 is 40.7. The lowest BCUT2D eigenvalue weighted by Crippen LogP contribution is -2.16. The van der Waals surface area contributed by atoms with Gasteiger partial charge in [-0.05, 0) is 24.5 Å². The van der Waals surface area contributed by atoms with E-state index in [0.29, 0.717) is 12.3 Å². The van der Waals surface area contributed by atoms with Crippen LogP contribution in [0.15, 0.2) is 30.7 Å². The van der Waals surface area contributed by atoms with Gasteiger partial charge in [0.2, 0.25) is 5.91 Å². The van der Waals surface area contributed by atoms with Crippen molar-refractivity contribution in [1.29, 1.82) is 0 Å². The lowest BCUT2D eigenvalue weighted by Gasteiger charge is -2.14. The first kappa shape index (κ1) is 17.0. The average Bonchev–Trinajstić information content (AvgIpc) is 2.98. The van der Waals surface area contributed by atoms with Crippen molar-refractivity contribution in [3.8, 4) is 5.82 Å². The highest BCUT2D eigenvalue weighted by Gasteiger charge is 2.35. The van der Waals surface area contributed by atoms with E-state index in [1.807, 2.05) is 13.8 Å². The van der Waals surface area contributed by atoms with Crippen molar-refractivity contribution in [2.24, 2.45) is 5.92 Å². The molecule has 0 radical (unpaired) electrons. The second kappa shape index (κ2) is 6.80. The number of hydrogen-bond acceptors (Lipinski definition) is 3. The Bertz CT molecular complexity index is 666. The Kier molecular flexibility index (Phi) is 5.02. The SMILES string of the molecule is CC(C)CCC(=O)Nc1cnc(-n2cccn2)c(C(F)(F)F)c1. The fourth-order valence-electron chi connectivity index (χ4n) is 1.95. The van der Waals surface area contributed by atoms with E-state index in [4.69, 9.17) is 0 Å². The van der Waals surface area contributed by atoms with Crippen LogP contribution >= 0.6 is 0 Å². The maximum absolute atomic E-state index is 13.2. The van der Waals surface area contributed by atoms with Gasteiger partial charge in [0.1, 0.15) is 5.56 Å². The van der Waals surface area contributed by atoms with E-state index in [1.54, 1.807) is 0 Å². The van der Waals surface area contributed by atoms with Crippen LogP contribution < -0.4 is 5.32 Å². The molecule has 0 spiro atoms. The van der Waals surface area contributed by atoms with Gasteiger partial charge in [-0.25, -0.2) is 9.67 Å². The third-order valence-electron chi connectivity index (χ3n) is 3.13. The second-order valence-corrected chi connectivity index (χ2v) is 5.52. The molecule has 0 fully saturated rings. The zero-order valence-electron chi connectivity index (χ0n) is 12.8. The number of halogens is 3. The molecular weight excluding hydrogens is 309 g/mol. The number of carbonyl (C=O) groups excluding carboxylic acids is 1. The number of nitrogens with one attached hydrogen (secondary N) is 1. The summed E-state index contributed by atoms with van der Waals surface area (Å²) in [6, 6.07) is 2.38. The molecule has 2 rings (SSSR count). The molecule has 0 aliphatic rings. The van der Waals surface area contributed by atoms with Gasteiger partial charge in [0.05, 0.1) is 11.9 Å². The number of pyridine rings is 1. The molecular formula is C15H17F3N4O. The molecule has 0 aliphatic heterocycles. The second-order valence-electron chi connectivity index (χ2n) is 5.52. The Hall–Kier alpha value is -2.38. The van der Waals surface area contributed by atoms with Crippen LogP contribution in [-0.2, 0) is 11.0 Å². The first-order chi connectivity index (χ1) is 10.8. The molecule has 0 unspecified atom stereocenters. The zero-order chi connectivity index (χ0) is 17.0. The Labute approximate surface area is 131 Å². The summed E-state index contributed by atoms with van der Waals surface area (Å²) in [5.41, 5.74) is -0.940. The van der Waals surface area contributed by atoms with Crippen molar-refractivity contribution in [1.82, 2.24) is 14.8 Å². The van der Waals surface area contributed by atoms with Gasteiger partial charge in [0.15, 0.2) is 5.82 Å². The van der Waals surface area contributed by atoms with Crippen molar-refractivity contribution < 1.29 is 18.0 Å². The van der Waals surface area contributed by atoms with Gasteiger partial charge in [0, 0.05) is 18.8 Å². The van der Waals surface area contributed by atoms with Gasteiger partial charge in [-0.1, -0.05) is 13.8 Å². The predicted octanol–water partition coefficient (Wildman–Crippen LogP) is 3.66. The number of amides is 1. The van der Waals surface area contributed by atoms with Crippen molar-refractivity contribution in [3.63, 3.8) is 0 Å². The molecule has 1 amide bonds. The first-order valence-corrected chi connectivity index (χ1v) is 7.14. The summed E-state index contributed by atoms with van der Waals surface area (Å²) in [6.07, 6.45) is 0.241. The Morgan fingerprint density at radius 3 is 2.70 bits per heavy atom. The minimum atomic E-state index is -4.60. The topological polar surface area (TPSA) is 59.8 Å². The van der Waals surface area contributed by atoms with E-state index in [9.17, 15) is 18.0 Å². The van der Waals surface area contributed by atoms with E-state index in [-0.39, 0.29) is 23.8 Å². The third-order valence-corrected chi connectivity index (χ3v) is 3.13. The quantitative estimate of drug-likeness (QED) is 0.912. The van der Waals surface area contributed by atoms with E-state index >= 15 is 0 Å². The van der Waals surface area contributed by atoms with E-state index in [1.165, 1.54) is 24.7 Å². The third kappa shape index (κ3) is 4.54. The number of alkyl halides is 3. The summed E-state index contributed by atoms with van der Waals surface area (Å²) in [6.45, 7) is 3.94. The number of rotatable bonds is 5. The highest BCUT2D eigenvalue weighted by Crippen LogP contribution is 2.34. The van der Waals surface area contributed by atoms with Gasteiger partial charge >= 0.3 is 6.18 Å². The smallest absolute Gasteiger partial charge is 0.325 e. The lowest BCUT2D eigenvalue weighted by atomic mass is 10.1. The number of carbonyl (C=O) groups is 1. The summed E-state index contributed by atoms with van der Waals surface area (Å²) in [7, 11) is 0. The van der Waals surface area contributed by atoms with Crippen LogP contribution in [0.4, 0.5) is 18.9 Å². The highest BCUT2D eigenvalue weighted by atomic mass is 19.4. The summed E-state index contributed by atoms with van der Waals surface area (Å²) in [4.78, 5) is 15.6. The average molecular weight is 326 g/mol. The minimum Gasteiger partial charge on any atom is -0.325 e. The van der Waals surface area contributed by atoms with Crippen LogP contribution in [0.25, 0.3) is 5.82 Å². The molecule has 23 heavy (non-hydrogen) atoms. The molecule has 0 saturated heterocycles. The van der Waals surface area contributed by atoms with Gasteiger partial charge in [-0.2, -0.15) is 18.3 Å². The molecule has 2 aromatic heterocycles. The van der Waals surface area contributed by atoms with Crippen molar-refractivity contribution in [2.45, 2.75) is 32.9 Å². The monoisotopic (exact) mass is 326 g/mol. The fourth-order valence-corrected chi connectivity index (χ4v) is 1.95. The minimum absolute atomic E-state index is 0.0157. The molecule has 8 heteroatoms. The number of hydrogen-bond donors (Lipinski definition) is 1. The first-order valence-electron chi connectivity index (χ1n) is 7.14. The standard InChI is InChI=1S/C15H17F3N4O/c1-10(2)4-5-13(23)21-11-8-12(15(16,17)18)14(19-9-11)22-7-3-6-20-22/h3,6-10H,4-5H2,1-2H3,(H,21,23). The van der Waals surface area contributed by atoms with Crippen molar-refractivity contribution >= 4 is 11.6 Å². The molecule has 5 nitrogen and oxygen atoms in total. The molecule has 2 heterocycles. The van der Waals surface area contributed by atoms with Gasteiger partial charge in [-0.15, -0.1) is 0 Å². The van der Waals surface area contributed by atoms with Crippen LogP contribution in [0.2, 0.25) is 0 Å². The molecule has 0 bridgehead atoms. The van der Waals surface area contributed by atoms with Gasteiger partial charge in [-0.3, -0.25) is 4.79 Å². The lowest BCUT2D eigenvalue weighted by molar-refractivity contribution is -0.137. The molecule has 0 atom stereocenters. The van der Waals surface area contributed by atoms with Gasteiger partial charge < -0.3 is 5.32 Å². The van der Waals surface area contributed by atoms with E-state index in [0.717, 1.165) is 10.7 Å². The maximum atomic E-state index is 13.2. The number of aromatic nitrogens is 3. The highest BCUT2D eigenvalue weighted by molar-refractivity contribution is 5.90. The van der Waals surface area contributed by atoms with Gasteiger partial charge in [0.25, 0.3) is 0 Å². The van der Waals surface area contributed by atoms with E-state index < -0.39 is 11.7 Å². The number of anilines is 1. The molecule has 0 saturated carbocycles. The largest absolute Gasteiger partial charge is 0.420 e. The van der Waals surface area contributed by atoms with Crippen LogP contribution in [0, 0.1) is 5.92 Å². The summed E-state index contributed by atoms with van der Waals surface area (Å²) in [5, 5.41) is 6.22. The fraction of sp³-hybridized carbons (Fsp3) is 0.400. The predicted molar refractivity (Wildman–Crippen MR) is 79.1 cm³/mol. The Balaban J connectivity index is 2.25. The molecule has 1 N–H and O–H groups in total. The van der Waals surface area contributed by atoms with Crippen LogP contribution in [0.1, 0.15) is 32.3 Å². The van der Waals surface area contributed by atoms with Crippen molar-refractivity contribution in [2.75, 3.05) is 5.32 Å². The molecule has 0 aromatic carbocycles. The van der Waals surface area contributed by atoms with Crippen LogP contribution in [0.3, 0.4) is 0 Å². The summed E-state index contributed by atoms with van der Waals surface area (Å²) in [5.74, 6) is -0.324. The van der Waals surface area contributed by atoms with E-state index in [2.05, 4.69) is 15.4 Å². The normalized spacial score (nSPS) is 11.7. The van der Waals surface area contributed by atoms with Crippen LogP contribution in [-0.4, -0.2) is 20.7 Å². The maximum Gasteiger partial charge on any atom is 0.420 e. The molecule has 124 valence electrons. The van der Waals surface area contributed by atoms with Crippen LogP contribution in [0.5, 0.6) is 0 Å². The molecule has 2 aromatic rings. The van der Waals surface area contributed by atoms with Crippen molar-refractivity contribution in [3.05, 3.63) is 36.3 Å². The Morgan fingerprint density at radius 1 is 1.39 bits per heavy atom.